The molecule has 6 aliphatic rings. The number of piperidine rings is 1. The van der Waals surface area contributed by atoms with Crippen LogP contribution in [0.4, 0.5) is 23.0 Å². The Morgan fingerprint density at radius 2 is 1.11 bits per heavy atom. The highest BCUT2D eigenvalue weighted by atomic mass is 35.5. The van der Waals surface area contributed by atoms with Gasteiger partial charge in [0.15, 0.2) is 8.32 Å². The van der Waals surface area contributed by atoms with Crippen LogP contribution in [0.3, 0.4) is 0 Å². The molecule has 0 radical (unpaired) electrons. The number of amides is 1. The Bertz CT molecular complexity index is 4000. The van der Waals surface area contributed by atoms with Gasteiger partial charge in [-0.2, -0.15) is 73.9 Å². The van der Waals surface area contributed by atoms with Crippen molar-refractivity contribution < 1.29 is 33.7 Å². The highest BCUT2D eigenvalue weighted by molar-refractivity contribution is 7.59. The zero-order valence-corrected chi connectivity index (χ0v) is 64.9. The molecule has 0 saturated carbocycles. The maximum atomic E-state index is 12.8. The first-order valence-electron chi connectivity index (χ1n) is 33.5. The Kier molecular flexibility index (Phi) is 31.4. The number of likely N-dealkylation sites (tertiary alicyclic amines) is 2. The molecule has 0 unspecified atom stereocenters. The Balaban J connectivity index is 0.000000258. The number of aliphatic hydroxyl groups excluding tert-OH is 1. The minimum absolute atomic E-state index is 0. The summed E-state index contributed by atoms with van der Waals surface area (Å²) in [6.07, 6.45) is 8.37. The predicted molar refractivity (Wildman–Crippen MR) is 424 cm³/mol. The summed E-state index contributed by atoms with van der Waals surface area (Å²) >= 11 is 13.4. The van der Waals surface area contributed by atoms with E-state index < -0.39 is 14.3 Å². The van der Waals surface area contributed by atoms with Crippen LogP contribution in [-0.2, 0) is 39.9 Å². The topological polar surface area (TPSA) is 185 Å². The average Bonchev–Trinajstić information content (AvgIpc) is 0.870. The van der Waals surface area contributed by atoms with E-state index in [0.29, 0.717) is 82.5 Å². The first-order chi connectivity index (χ1) is 46.2. The molecule has 2 aromatic heterocycles. The number of piperazine rings is 1. The van der Waals surface area contributed by atoms with Gasteiger partial charge in [0.05, 0.1) is 41.1 Å². The molecule has 6 aromatic rings. The number of hydrogen-bond acceptors (Lipinski definition) is 16. The molecular weight excluding hydrogens is 1400 g/mol. The van der Waals surface area contributed by atoms with E-state index in [4.69, 9.17) is 80.4 Å². The molecule has 100 heavy (non-hydrogen) atoms. The van der Waals surface area contributed by atoms with E-state index in [-0.39, 0.29) is 90.7 Å². The standard InChI is InChI=1S/C33H36ClN7O3.C30H35ClN6O.C10H18O3Si.4H2S/c1-35-19-25-20-40(16-17-41(25)30(43)12-6-18-42)32-26-13-15-39(29-11-4-8-23-7-3-10-27(34)31(23)29)21-28(26)36-33(37-32)44-22-24-9-5-14-38(24)2;1-32-17-21-7-5-15-37(18-21)29-24-13-16-36(27-12-4-9-22-8-3-11-25(31)28(22)27)19-26(24)33-30(34-29)38-20-23-10-6-14-35(23)2;1-10(2,3)14(4,5)13-8-6-7-9(11)12;;;;/h3-4,7-8,10-11,24-25,42H,5,9,13-22H2,2H3;3-4,8-9,11-12,21,23H,5-7,10,13-20H2,2H3;8H2,1-5H3,(H,11,12);4*1H2/t24-,25-;21-,23-;;;;;/m00...../s1. The molecule has 4 atom stereocenters. The third-order valence-electron chi connectivity index (χ3n) is 19.8. The number of carboxylic acids is 1. The SMILES string of the molecule is CC(C)(C)[Si](C)(C)OCC#CC(=O)O.S.S.S.S.[C-]#[N+]C[C@@H]1CCCN(c2nc(OC[C@@H]3CCCN3C)nc3c2CCN(c2cccc4cccc(Cl)c24)C3)C1.[C-]#[N+]C[C@H]1CN(c2nc(OC[C@@H]3CCCN3C)nc3c2CCN(c2cccc4cccc(Cl)c24)C3)CCN1C(=O)C#CCO. The number of carboxylic acid groups (broad SMARTS) is 1. The number of halogens is 2. The summed E-state index contributed by atoms with van der Waals surface area (Å²) in [6, 6.07) is 25.9. The number of benzene rings is 4. The number of likely N-dealkylation sites (N-methyl/N-ethyl adjacent to an activating group) is 2. The second-order valence-electron chi connectivity index (χ2n) is 27.1. The second kappa shape index (κ2) is 38.1. The molecule has 0 aliphatic carbocycles. The van der Waals surface area contributed by atoms with E-state index in [2.05, 4.69) is 153 Å². The minimum atomic E-state index is -1.77. The number of anilines is 4. The normalized spacial score (nSPS) is 18.9. The number of ether oxygens (including phenoxy) is 2. The molecule has 1 amide bonds. The molecule has 8 heterocycles. The number of aliphatic carboxylic acids is 1. The van der Waals surface area contributed by atoms with Gasteiger partial charge in [-0.25, -0.2) is 17.9 Å². The van der Waals surface area contributed by atoms with Crippen molar-refractivity contribution in [1.29, 1.82) is 0 Å². The molecule has 4 aromatic carbocycles. The quantitative estimate of drug-likeness (QED) is 0.0595. The van der Waals surface area contributed by atoms with Crippen molar-refractivity contribution in [3.8, 4) is 35.7 Å². The van der Waals surface area contributed by atoms with Crippen LogP contribution in [-0.4, -0.2) is 196 Å². The lowest BCUT2D eigenvalue weighted by atomic mass is 9.96. The van der Waals surface area contributed by atoms with Crippen LogP contribution >= 0.6 is 77.2 Å². The molecule has 4 saturated heterocycles. The summed E-state index contributed by atoms with van der Waals surface area (Å²) < 4.78 is 18.2. The first-order valence-corrected chi connectivity index (χ1v) is 37.1. The van der Waals surface area contributed by atoms with Crippen molar-refractivity contribution in [3.05, 3.63) is 128 Å². The summed E-state index contributed by atoms with van der Waals surface area (Å²) in [7, 11) is 2.51. The number of carbonyl (C=O) groups is 2. The molecule has 12 rings (SSSR count). The van der Waals surface area contributed by atoms with Crippen molar-refractivity contribution in [2.45, 2.75) is 121 Å². The van der Waals surface area contributed by atoms with Gasteiger partial charge in [-0.1, -0.05) is 104 Å². The highest BCUT2D eigenvalue weighted by Gasteiger charge is 2.38. The van der Waals surface area contributed by atoms with E-state index in [9.17, 15) is 9.59 Å². The van der Waals surface area contributed by atoms with Crippen LogP contribution in [0.5, 0.6) is 12.0 Å². The Morgan fingerprint density at radius 3 is 1.57 bits per heavy atom. The highest BCUT2D eigenvalue weighted by Crippen LogP contribution is 2.41. The lowest BCUT2D eigenvalue weighted by Crippen LogP contribution is -2.56. The van der Waals surface area contributed by atoms with Gasteiger partial charge in [0.1, 0.15) is 37.5 Å². The molecular formula is C73H97Cl2N13O7S4Si. The second-order valence-corrected chi connectivity index (χ2v) is 32.7. The number of carbonyl (C=O) groups excluding carboxylic acids is 1. The summed E-state index contributed by atoms with van der Waals surface area (Å²) in [4.78, 5) is 65.7. The number of fused-ring (bicyclic) bond motifs is 4. The van der Waals surface area contributed by atoms with Gasteiger partial charge < -0.3 is 68.1 Å². The number of aliphatic hydroxyl groups is 1. The van der Waals surface area contributed by atoms with Gasteiger partial charge in [-0.15, -0.1) is 0 Å². The van der Waals surface area contributed by atoms with Crippen LogP contribution in [0.15, 0.2) is 72.8 Å². The van der Waals surface area contributed by atoms with Crippen LogP contribution in [0.2, 0.25) is 28.2 Å². The molecule has 20 nitrogen and oxygen atoms in total. The van der Waals surface area contributed by atoms with Crippen LogP contribution in [0.1, 0.15) is 81.8 Å². The summed E-state index contributed by atoms with van der Waals surface area (Å²) in [5.74, 6) is 10.2. The third kappa shape index (κ3) is 20.4. The summed E-state index contributed by atoms with van der Waals surface area (Å²) in [5.41, 5.74) is 6.45. The van der Waals surface area contributed by atoms with Gasteiger partial charge in [0, 0.05) is 103 Å². The van der Waals surface area contributed by atoms with E-state index in [0.717, 1.165) is 156 Å². The molecule has 4 fully saturated rings. The first kappa shape index (κ1) is 82.4. The fourth-order valence-electron chi connectivity index (χ4n) is 13.5. The fraction of sp³-hybridized carbons (Fsp3) is 0.507. The molecule has 0 bridgehead atoms. The lowest BCUT2D eigenvalue weighted by Gasteiger charge is -2.40. The zero-order valence-electron chi connectivity index (χ0n) is 58.4. The van der Waals surface area contributed by atoms with Gasteiger partial charge in [-0.05, 0) is 138 Å². The summed E-state index contributed by atoms with van der Waals surface area (Å²) in [6.45, 7) is 35.5. The molecule has 27 heteroatoms. The minimum Gasteiger partial charge on any atom is -0.472 e. The molecule has 538 valence electrons. The number of aromatic nitrogens is 4. The van der Waals surface area contributed by atoms with Crippen molar-refractivity contribution in [1.82, 2.24) is 34.6 Å². The Labute approximate surface area is 629 Å². The molecule has 6 aliphatic heterocycles. The van der Waals surface area contributed by atoms with Crippen LogP contribution in [0.25, 0.3) is 31.2 Å². The number of nitrogens with zero attached hydrogens (tertiary/aromatic N) is 13. The van der Waals surface area contributed by atoms with Crippen LogP contribution in [0, 0.1) is 42.7 Å². The summed E-state index contributed by atoms with van der Waals surface area (Å²) in [5, 5.41) is 23.3. The van der Waals surface area contributed by atoms with Crippen LogP contribution < -0.4 is 29.1 Å². The van der Waals surface area contributed by atoms with Crippen molar-refractivity contribution in [3.63, 3.8) is 0 Å². The van der Waals surface area contributed by atoms with Crippen molar-refractivity contribution >= 4 is 142 Å². The largest absolute Gasteiger partial charge is 0.472 e. The molecule has 2 N–H and O–H groups in total. The fourth-order valence-corrected chi connectivity index (χ4v) is 14.9. The van der Waals surface area contributed by atoms with Gasteiger partial charge in [0.25, 0.3) is 5.91 Å². The smallest absolute Gasteiger partial charge is 0.381 e. The Hall–Kier alpha value is -6.56. The lowest BCUT2D eigenvalue weighted by molar-refractivity contribution is -0.130. The van der Waals surface area contributed by atoms with E-state index in [1.165, 1.54) is 12.0 Å². The maximum absolute atomic E-state index is 12.8. The number of rotatable bonds is 14. The van der Waals surface area contributed by atoms with Gasteiger partial charge >= 0.3 is 18.0 Å². The Morgan fingerprint density at radius 1 is 0.620 bits per heavy atom. The monoisotopic (exact) mass is 1490 g/mol. The third-order valence-corrected chi connectivity index (χ3v) is 24.9. The van der Waals surface area contributed by atoms with Crippen molar-refractivity contribution in [2.24, 2.45) is 5.92 Å². The zero-order chi connectivity index (χ0) is 68.1. The molecule has 0 spiro atoms. The van der Waals surface area contributed by atoms with Gasteiger partial charge in [0.2, 0.25) is 13.1 Å². The van der Waals surface area contributed by atoms with Gasteiger partial charge in [-0.3, -0.25) is 4.79 Å². The van der Waals surface area contributed by atoms with E-state index >= 15 is 0 Å². The number of hydrogen-bond donors (Lipinski definition) is 2. The predicted octanol–water partition coefficient (Wildman–Crippen LogP) is 11.3. The maximum Gasteiger partial charge on any atom is 0.381 e. The average molecular weight is 1500 g/mol. The van der Waals surface area contributed by atoms with E-state index in [1.54, 1.807) is 4.90 Å². The van der Waals surface area contributed by atoms with Crippen molar-refractivity contribution in [2.75, 3.05) is 132 Å². The van der Waals surface area contributed by atoms with E-state index in [1.807, 2.05) is 30.2 Å².